The normalized spacial score (nSPS) is 15.0. The highest BCUT2D eigenvalue weighted by molar-refractivity contribution is 9.10. The first-order valence-corrected chi connectivity index (χ1v) is 15.4. The lowest BCUT2D eigenvalue weighted by Crippen LogP contribution is -2.33. The molecule has 0 saturated carbocycles. The molecule has 11 heteroatoms. The van der Waals surface area contributed by atoms with Crippen molar-refractivity contribution in [2.45, 2.75) is 71.1 Å². The quantitative estimate of drug-likeness (QED) is 0.165. The number of nitrogens with zero attached hydrogens (tertiary/aromatic N) is 2. The van der Waals surface area contributed by atoms with Crippen molar-refractivity contribution in [3.63, 3.8) is 0 Å². The molecular weight excluding hydrogens is 635 g/mol. The Labute approximate surface area is 257 Å². The molecule has 2 unspecified atom stereocenters. The van der Waals surface area contributed by atoms with Crippen molar-refractivity contribution in [2.75, 3.05) is 24.5 Å². The van der Waals surface area contributed by atoms with Gasteiger partial charge in [-0.25, -0.2) is 18.2 Å². The molecular formula is C31H34BrClF3N3O3. The van der Waals surface area contributed by atoms with Crippen molar-refractivity contribution < 1.29 is 27.5 Å². The van der Waals surface area contributed by atoms with Crippen LogP contribution in [-0.2, 0) is 9.53 Å². The number of alkyl halides is 1. The second-order valence-electron chi connectivity index (χ2n) is 10.5. The van der Waals surface area contributed by atoms with E-state index in [9.17, 15) is 18.4 Å². The smallest absolute Gasteiger partial charge is 0.308 e. The van der Waals surface area contributed by atoms with Gasteiger partial charge in [-0.15, -0.1) is 0 Å². The molecule has 42 heavy (non-hydrogen) atoms. The Hall–Kier alpha value is -2.85. The fraction of sp³-hybridized carbons (Fsp3) is 0.452. The Morgan fingerprint density at radius 3 is 2.60 bits per heavy atom. The molecule has 1 N–H and O–H groups in total. The van der Waals surface area contributed by atoms with Crippen molar-refractivity contribution in [2.24, 2.45) is 0 Å². The number of anilines is 1. The molecule has 0 aliphatic carbocycles. The molecule has 1 aliphatic heterocycles. The maximum atomic E-state index is 15.0. The van der Waals surface area contributed by atoms with Crippen LogP contribution in [0.3, 0.4) is 0 Å². The lowest BCUT2D eigenvalue weighted by Gasteiger charge is -2.30. The summed E-state index contributed by atoms with van der Waals surface area (Å²) in [5, 5.41) is 3.46. The van der Waals surface area contributed by atoms with E-state index in [-0.39, 0.29) is 36.4 Å². The van der Waals surface area contributed by atoms with Crippen molar-refractivity contribution in [3.8, 4) is 0 Å². The van der Waals surface area contributed by atoms with Crippen LogP contribution >= 0.6 is 27.5 Å². The number of hydrogen-bond donors (Lipinski definition) is 1. The fourth-order valence-corrected chi connectivity index (χ4v) is 6.03. The average Bonchev–Trinajstić information content (AvgIpc) is 2.96. The van der Waals surface area contributed by atoms with E-state index < -0.39 is 35.8 Å². The van der Waals surface area contributed by atoms with Crippen LogP contribution in [0.2, 0.25) is 5.02 Å². The van der Waals surface area contributed by atoms with E-state index in [2.05, 4.69) is 26.1 Å². The molecule has 226 valence electrons. The summed E-state index contributed by atoms with van der Waals surface area (Å²) >= 11 is 9.76. The summed E-state index contributed by atoms with van der Waals surface area (Å²) in [5.41, 5.74) is 1.62. The van der Waals surface area contributed by atoms with Gasteiger partial charge in [-0.05, 0) is 69.4 Å². The van der Waals surface area contributed by atoms with E-state index in [1.165, 1.54) is 6.07 Å². The molecule has 1 saturated heterocycles. The second kappa shape index (κ2) is 14.6. The first-order valence-electron chi connectivity index (χ1n) is 14.2. The number of esters is 1. The number of amides is 1. The van der Waals surface area contributed by atoms with Crippen LogP contribution in [0.4, 0.5) is 19.0 Å². The van der Waals surface area contributed by atoms with Crippen LogP contribution in [0.1, 0.15) is 79.3 Å². The van der Waals surface area contributed by atoms with E-state index in [0.29, 0.717) is 28.5 Å². The summed E-state index contributed by atoms with van der Waals surface area (Å²) in [4.78, 5) is 33.2. The molecule has 2 aromatic carbocycles. The van der Waals surface area contributed by atoms with E-state index in [4.69, 9.17) is 21.3 Å². The summed E-state index contributed by atoms with van der Waals surface area (Å²) in [6, 6.07) is 7.67. The molecule has 3 aromatic rings. The number of pyridine rings is 1. The molecule has 2 heterocycles. The zero-order valence-electron chi connectivity index (χ0n) is 23.6. The molecule has 0 bridgehead atoms. The molecule has 0 radical (unpaired) electrons. The Morgan fingerprint density at radius 2 is 1.88 bits per heavy atom. The van der Waals surface area contributed by atoms with Gasteiger partial charge in [-0.3, -0.25) is 9.59 Å². The van der Waals surface area contributed by atoms with Crippen LogP contribution in [-0.4, -0.2) is 42.9 Å². The lowest BCUT2D eigenvalue weighted by molar-refractivity contribution is -0.158. The van der Waals surface area contributed by atoms with Gasteiger partial charge in [0.2, 0.25) is 6.36 Å². The van der Waals surface area contributed by atoms with Gasteiger partial charge in [0.15, 0.2) is 11.6 Å². The van der Waals surface area contributed by atoms with E-state index in [0.717, 1.165) is 48.7 Å². The molecule has 1 amide bonds. The predicted octanol–water partition coefficient (Wildman–Crippen LogP) is 8.16. The molecule has 6 nitrogen and oxygen atoms in total. The van der Waals surface area contributed by atoms with Crippen LogP contribution in [0.15, 0.2) is 34.8 Å². The first kappa shape index (κ1) is 32.1. The van der Waals surface area contributed by atoms with Gasteiger partial charge < -0.3 is 15.0 Å². The van der Waals surface area contributed by atoms with Crippen LogP contribution in [0, 0.1) is 18.6 Å². The number of fused-ring (bicyclic) bond motifs is 1. The zero-order chi connectivity index (χ0) is 30.4. The van der Waals surface area contributed by atoms with E-state index in [1.54, 1.807) is 6.92 Å². The minimum atomic E-state index is -1.74. The molecule has 0 spiro atoms. The summed E-state index contributed by atoms with van der Waals surface area (Å²) in [7, 11) is 0. The number of rotatable bonds is 11. The molecule has 1 fully saturated rings. The van der Waals surface area contributed by atoms with Crippen molar-refractivity contribution in [3.05, 3.63) is 68.2 Å². The number of halogens is 5. The number of aromatic nitrogens is 1. The Balaban J connectivity index is 1.64. The summed E-state index contributed by atoms with van der Waals surface area (Å²) in [6.45, 7) is 5.13. The summed E-state index contributed by atoms with van der Waals surface area (Å²) in [5.74, 6) is -3.66. The third-order valence-corrected chi connectivity index (χ3v) is 8.34. The standard InChI is InChI=1S/C31H34BrClF3N3O3/c1-3-7-25(35)42-26(40)13-8-19(28-22(33)10-11-23(34)29(28)36)17-37-31(41)27-18(2)30(39-14-5-4-6-15-39)38-24-12-9-20(32)16-21(24)27/h9-12,16,19,25H,3-8,13-15,17H2,1-2H3,(H,37,41). The average molecular weight is 669 g/mol. The summed E-state index contributed by atoms with van der Waals surface area (Å²) < 4.78 is 48.7. The SMILES string of the molecule is CCCC(F)OC(=O)CCC(CNC(=O)c1c(C)c(N2CCCCC2)nc2ccc(Br)cc12)c1c(Cl)ccc(F)c1F. The first-order chi connectivity index (χ1) is 20.1. The van der Waals surface area contributed by atoms with E-state index >= 15 is 4.39 Å². The van der Waals surface area contributed by atoms with Crippen LogP contribution < -0.4 is 10.2 Å². The van der Waals surface area contributed by atoms with Crippen molar-refractivity contribution >= 4 is 56.1 Å². The fourth-order valence-electron chi connectivity index (χ4n) is 5.37. The third kappa shape index (κ3) is 7.56. The molecule has 1 aliphatic rings. The number of ether oxygens (including phenoxy) is 1. The number of carbonyl (C=O) groups excluding carboxylic acids is 2. The monoisotopic (exact) mass is 667 g/mol. The van der Waals surface area contributed by atoms with Crippen molar-refractivity contribution in [1.29, 1.82) is 0 Å². The topological polar surface area (TPSA) is 71.5 Å². The molecule has 1 aromatic heterocycles. The summed E-state index contributed by atoms with van der Waals surface area (Å²) in [6.07, 6.45) is 1.68. The highest BCUT2D eigenvalue weighted by Crippen LogP contribution is 2.34. The largest absolute Gasteiger partial charge is 0.431 e. The third-order valence-electron chi connectivity index (χ3n) is 7.52. The number of carbonyl (C=O) groups is 2. The Bertz CT molecular complexity index is 1450. The number of nitrogens with one attached hydrogen (secondary N) is 1. The maximum Gasteiger partial charge on any atom is 0.308 e. The maximum absolute atomic E-state index is 15.0. The molecule has 4 rings (SSSR count). The van der Waals surface area contributed by atoms with Gasteiger partial charge in [-0.1, -0.05) is 34.5 Å². The number of benzene rings is 2. The predicted molar refractivity (Wildman–Crippen MR) is 162 cm³/mol. The van der Waals surface area contributed by atoms with Gasteiger partial charge in [0, 0.05) is 64.4 Å². The van der Waals surface area contributed by atoms with Gasteiger partial charge >= 0.3 is 5.97 Å². The van der Waals surface area contributed by atoms with E-state index in [1.807, 2.05) is 25.1 Å². The Morgan fingerprint density at radius 1 is 1.14 bits per heavy atom. The van der Waals surface area contributed by atoms with Crippen LogP contribution in [0.25, 0.3) is 10.9 Å². The van der Waals surface area contributed by atoms with Gasteiger partial charge in [0.05, 0.1) is 11.1 Å². The van der Waals surface area contributed by atoms with Crippen LogP contribution in [0.5, 0.6) is 0 Å². The Kier molecular flexibility index (Phi) is 11.1. The second-order valence-corrected chi connectivity index (χ2v) is 11.9. The minimum absolute atomic E-state index is 0.0438. The highest BCUT2D eigenvalue weighted by atomic mass is 79.9. The van der Waals surface area contributed by atoms with Gasteiger partial charge in [0.25, 0.3) is 5.91 Å². The van der Waals surface area contributed by atoms with Crippen molar-refractivity contribution in [1.82, 2.24) is 10.3 Å². The highest BCUT2D eigenvalue weighted by Gasteiger charge is 2.27. The number of piperidine rings is 1. The molecule has 2 atom stereocenters. The lowest BCUT2D eigenvalue weighted by atomic mass is 9.92. The number of hydrogen-bond acceptors (Lipinski definition) is 5. The minimum Gasteiger partial charge on any atom is -0.431 e. The van der Waals surface area contributed by atoms with Gasteiger partial charge in [-0.2, -0.15) is 0 Å². The zero-order valence-corrected chi connectivity index (χ0v) is 26.0. The van der Waals surface area contributed by atoms with Gasteiger partial charge in [0.1, 0.15) is 5.82 Å².